The van der Waals surface area contributed by atoms with Crippen LogP contribution < -0.4 is 14.8 Å². The molecule has 0 saturated carbocycles. The predicted molar refractivity (Wildman–Crippen MR) is 129 cm³/mol. The number of nitrogens with zero attached hydrogens (tertiary/aromatic N) is 2. The molecule has 1 aliphatic heterocycles. The second-order valence-corrected chi connectivity index (χ2v) is 8.61. The molecule has 0 radical (unpaired) electrons. The standard InChI is InChI=1S/C24H25Cl2N3O4/c1-4-22(30)28-18-13-33-12-14(18)9-15-5-6-19-17(27-15)7-8-29(19)11-16-23(25)20(31-2)10-21(32-3)24(16)26/h4-8,10,14,18H,1,9,11-13H2,2-3H3,(H,28,30). The number of amides is 1. The van der Waals surface area contributed by atoms with Gasteiger partial charge < -0.3 is 24.1 Å². The molecule has 1 N–H and O–H groups in total. The topological polar surface area (TPSA) is 74.6 Å². The molecule has 1 saturated heterocycles. The average molecular weight is 490 g/mol. The third-order valence-corrected chi connectivity index (χ3v) is 6.69. The minimum Gasteiger partial charge on any atom is -0.495 e. The van der Waals surface area contributed by atoms with Crippen molar-refractivity contribution in [3.8, 4) is 11.5 Å². The Labute approximate surface area is 202 Å². The number of nitrogens with one attached hydrogen (secondary N) is 1. The predicted octanol–water partition coefficient (Wildman–Crippen LogP) is 4.27. The zero-order chi connectivity index (χ0) is 23.5. The first kappa shape index (κ1) is 23.4. The molecule has 4 rings (SSSR count). The molecular formula is C24H25Cl2N3O4. The van der Waals surface area contributed by atoms with Gasteiger partial charge in [-0.25, -0.2) is 0 Å². The van der Waals surface area contributed by atoms with Crippen LogP contribution in [0.25, 0.3) is 11.0 Å². The lowest BCUT2D eigenvalue weighted by Crippen LogP contribution is -2.39. The fraction of sp³-hybridized carbons (Fsp3) is 0.333. The molecule has 1 amide bonds. The normalized spacial score (nSPS) is 17.8. The van der Waals surface area contributed by atoms with Crippen molar-refractivity contribution >= 4 is 40.1 Å². The summed E-state index contributed by atoms with van der Waals surface area (Å²) in [7, 11) is 3.11. The van der Waals surface area contributed by atoms with Crippen LogP contribution in [0.2, 0.25) is 10.0 Å². The molecule has 2 aromatic heterocycles. The first-order valence-corrected chi connectivity index (χ1v) is 11.2. The molecule has 9 heteroatoms. The lowest BCUT2D eigenvalue weighted by molar-refractivity contribution is -0.117. The molecule has 3 aromatic rings. The lowest BCUT2D eigenvalue weighted by Gasteiger charge is -2.18. The van der Waals surface area contributed by atoms with Gasteiger partial charge in [-0.2, -0.15) is 0 Å². The van der Waals surface area contributed by atoms with E-state index in [2.05, 4.69) is 11.9 Å². The Morgan fingerprint density at radius 3 is 2.64 bits per heavy atom. The second kappa shape index (κ2) is 10.0. The number of rotatable bonds is 8. The zero-order valence-electron chi connectivity index (χ0n) is 18.4. The Morgan fingerprint density at radius 2 is 1.97 bits per heavy atom. The minimum absolute atomic E-state index is 0.0510. The van der Waals surface area contributed by atoms with Crippen LogP contribution in [-0.2, 0) is 22.5 Å². The van der Waals surface area contributed by atoms with E-state index in [-0.39, 0.29) is 17.9 Å². The van der Waals surface area contributed by atoms with Gasteiger partial charge in [0.15, 0.2) is 0 Å². The van der Waals surface area contributed by atoms with Crippen molar-refractivity contribution in [1.29, 1.82) is 0 Å². The molecule has 0 aliphatic carbocycles. The highest BCUT2D eigenvalue weighted by atomic mass is 35.5. The number of fused-ring (bicyclic) bond motifs is 1. The molecule has 7 nitrogen and oxygen atoms in total. The number of hydrogen-bond donors (Lipinski definition) is 1. The molecule has 174 valence electrons. The minimum atomic E-state index is -0.192. The smallest absolute Gasteiger partial charge is 0.243 e. The maximum atomic E-state index is 11.7. The van der Waals surface area contributed by atoms with Gasteiger partial charge >= 0.3 is 0 Å². The first-order chi connectivity index (χ1) is 15.9. The number of halogens is 2. The van der Waals surface area contributed by atoms with Crippen LogP contribution >= 0.6 is 23.2 Å². The second-order valence-electron chi connectivity index (χ2n) is 7.86. The average Bonchev–Trinajstić information content (AvgIpc) is 3.43. The van der Waals surface area contributed by atoms with E-state index in [1.807, 2.05) is 29.0 Å². The molecule has 0 spiro atoms. The van der Waals surface area contributed by atoms with Gasteiger partial charge in [-0.05, 0) is 30.7 Å². The Bertz CT molecular complexity index is 1170. The van der Waals surface area contributed by atoms with Crippen molar-refractivity contribution in [2.75, 3.05) is 27.4 Å². The van der Waals surface area contributed by atoms with E-state index in [9.17, 15) is 4.79 Å². The molecule has 3 heterocycles. The molecule has 0 bridgehead atoms. The highest BCUT2D eigenvalue weighted by molar-refractivity contribution is 6.37. The van der Waals surface area contributed by atoms with Crippen molar-refractivity contribution in [3.05, 3.63) is 64.4 Å². The van der Waals surface area contributed by atoms with E-state index in [1.54, 1.807) is 20.3 Å². The Balaban J connectivity index is 1.57. The van der Waals surface area contributed by atoms with E-state index < -0.39 is 0 Å². The van der Waals surface area contributed by atoms with Crippen LogP contribution in [0.15, 0.2) is 43.1 Å². The van der Waals surface area contributed by atoms with E-state index in [0.717, 1.165) is 16.7 Å². The number of ether oxygens (including phenoxy) is 3. The largest absolute Gasteiger partial charge is 0.495 e. The number of pyridine rings is 1. The van der Waals surface area contributed by atoms with Crippen LogP contribution in [0.4, 0.5) is 0 Å². The van der Waals surface area contributed by atoms with Crippen molar-refractivity contribution in [2.45, 2.75) is 19.0 Å². The summed E-state index contributed by atoms with van der Waals surface area (Å²) in [6, 6.07) is 7.61. The maximum absolute atomic E-state index is 11.7. The number of benzene rings is 1. The first-order valence-electron chi connectivity index (χ1n) is 10.5. The Kier molecular flexibility index (Phi) is 7.12. The van der Waals surface area contributed by atoms with Gasteiger partial charge in [0.1, 0.15) is 11.5 Å². The summed E-state index contributed by atoms with van der Waals surface area (Å²) in [6.45, 7) is 5.02. The molecule has 2 unspecified atom stereocenters. The van der Waals surface area contributed by atoms with Gasteiger partial charge in [-0.1, -0.05) is 29.8 Å². The van der Waals surface area contributed by atoms with Crippen LogP contribution in [0.1, 0.15) is 11.3 Å². The number of aromatic nitrogens is 2. The fourth-order valence-electron chi connectivity index (χ4n) is 4.08. The summed E-state index contributed by atoms with van der Waals surface area (Å²) < 4.78 is 18.4. The third kappa shape index (κ3) is 4.81. The van der Waals surface area contributed by atoms with Gasteiger partial charge in [0.2, 0.25) is 5.91 Å². The third-order valence-electron chi connectivity index (χ3n) is 5.86. The summed E-state index contributed by atoms with van der Waals surface area (Å²) in [5.41, 5.74) is 3.46. The summed E-state index contributed by atoms with van der Waals surface area (Å²) in [4.78, 5) is 16.5. The summed E-state index contributed by atoms with van der Waals surface area (Å²) in [6.07, 6.45) is 3.93. The molecule has 1 aliphatic rings. The van der Waals surface area contributed by atoms with E-state index in [0.29, 0.717) is 53.3 Å². The van der Waals surface area contributed by atoms with Crippen molar-refractivity contribution in [2.24, 2.45) is 5.92 Å². The van der Waals surface area contributed by atoms with E-state index in [4.69, 9.17) is 42.4 Å². The van der Waals surface area contributed by atoms with Crippen molar-refractivity contribution in [3.63, 3.8) is 0 Å². The number of carbonyl (C=O) groups is 1. The van der Waals surface area contributed by atoms with E-state index >= 15 is 0 Å². The summed E-state index contributed by atoms with van der Waals surface area (Å²) in [5, 5.41) is 3.83. The number of hydrogen-bond acceptors (Lipinski definition) is 5. The SMILES string of the molecule is C=CC(=O)NC1COCC1Cc1ccc2c(ccn2Cc2c(Cl)c(OC)cc(OC)c2Cl)n1. The Morgan fingerprint density at radius 1 is 1.24 bits per heavy atom. The Hall–Kier alpha value is -2.74. The van der Waals surface area contributed by atoms with Crippen molar-refractivity contribution < 1.29 is 19.0 Å². The van der Waals surface area contributed by atoms with Crippen LogP contribution in [-0.4, -0.2) is 48.9 Å². The van der Waals surface area contributed by atoms with Crippen LogP contribution in [0, 0.1) is 5.92 Å². The van der Waals surface area contributed by atoms with Crippen LogP contribution in [0.3, 0.4) is 0 Å². The molecular weight excluding hydrogens is 465 g/mol. The van der Waals surface area contributed by atoms with E-state index in [1.165, 1.54) is 6.08 Å². The number of methoxy groups -OCH3 is 2. The van der Waals surface area contributed by atoms with Gasteiger partial charge in [0, 0.05) is 29.4 Å². The van der Waals surface area contributed by atoms with Gasteiger partial charge in [-0.3, -0.25) is 9.78 Å². The quantitative estimate of drug-likeness (QED) is 0.478. The highest BCUT2D eigenvalue weighted by Crippen LogP contribution is 2.41. The lowest BCUT2D eigenvalue weighted by atomic mass is 9.97. The molecule has 1 aromatic carbocycles. The molecule has 1 fully saturated rings. The summed E-state index contributed by atoms with van der Waals surface area (Å²) in [5.74, 6) is 0.966. The highest BCUT2D eigenvalue weighted by Gasteiger charge is 2.29. The monoisotopic (exact) mass is 489 g/mol. The van der Waals surface area contributed by atoms with Gasteiger partial charge in [0.25, 0.3) is 0 Å². The number of carbonyl (C=O) groups excluding carboxylic acids is 1. The maximum Gasteiger partial charge on any atom is 0.243 e. The zero-order valence-corrected chi connectivity index (χ0v) is 19.9. The fourth-order valence-corrected chi connectivity index (χ4v) is 4.70. The van der Waals surface area contributed by atoms with Gasteiger partial charge in [0.05, 0.1) is 61.1 Å². The van der Waals surface area contributed by atoms with Gasteiger partial charge in [-0.15, -0.1) is 0 Å². The van der Waals surface area contributed by atoms with Crippen LogP contribution in [0.5, 0.6) is 11.5 Å². The van der Waals surface area contributed by atoms with Crippen molar-refractivity contribution in [1.82, 2.24) is 14.9 Å². The summed E-state index contributed by atoms with van der Waals surface area (Å²) >= 11 is 13.1. The molecule has 33 heavy (non-hydrogen) atoms. The molecule has 2 atom stereocenters.